The number of ether oxygens (including phenoxy) is 2. The van der Waals surface area contributed by atoms with E-state index in [1.165, 1.54) is 5.56 Å². The summed E-state index contributed by atoms with van der Waals surface area (Å²) in [6.07, 6.45) is 6.53. The molecule has 0 amide bonds. The number of hydrogen-bond acceptors (Lipinski definition) is 3. The second-order valence-electron chi connectivity index (χ2n) is 5.14. The van der Waals surface area contributed by atoms with Gasteiger partial charge in [-0.2, -0.15) is 0 Å². The zero-order valence-electron chi connectivity index (χ0n) is 12.5. The minimum absolute atomic E-state index is 0.347. The Balaban J connectivity index is 1.89. The molecule has 1 atom stereocenters. The van der Waals surface area contributed by atoms with E-state index in [2.05, 4.69) is 30.4 Å². The summed E-state index contributed by atoms with van der Waals surface area (Å²) in [5, 5.41) is 3.59. The lowest BCUT2D eigenvalue weighted by molar-refractivity contribution is 0.211. The zero-order chi connectivity index (χ0) is 14.2. The first-order chi connectivity index (χ1) is 9.83. The van der Waals surface area contributed by atoms with Gasteiger partial charge in [-0.25, -0.2) is 0 Å². The van der Waals surface area contributed by atoms with E-state index in [1.54, 1.807) is 7.11 Å². The lowest BCUT2D eigenvalue weighted by atomic mass is 10.0. The number of aryl methyl sites for hydroxylation is 1. The van der Waals surface area contributed by atoms with Gasteiger partial charge >= 0.3 is 0 Å². The normalized spacial score (nSPS) is 15.6. The largest absolute Gasteiger partial charge is 0.497 e. The van der Waals surface area contributed by atoms with Crippen molar-refractivity contribution in [1.82, 2.24) is 5.32 Å². The van der Waals surface area contributed by atoms with Crippen molar-refractivity contribution >= 4 is 0 Å². The summed E-state index contributed by atoms with van der Waals surface area (Å²) < 4.78 is 10.9. The SMILES string of the molecule is CCCNC(CCc1ccc(OC)cc1)C1=CCCO1. The van der Waals surface area contributed by atoms with E-state index in [4.69, 9.17) is 9.47 Å². The molecule has 0 aromatic heterocycles. The smallest absolute Gasteiger partial charge is 0.118 e. The molecule has 0 radical (unpaired) electrons. The summed E-state index contributed by atoms with van der Waals surface area (Å²) in [5.74, 6) is 2.04. The molecule has 2 rings (SSSR count). The van der Waals surface area contributed by atoms with Crippen LogP contribution in [0.1, 0.15) is 31.7 Å². The van der Waals surface area contributed by atoms with Gasteiger partial charge < -0.3 is 14.8 Å². The number of methoxy groups -OCH3 is 1. The minimum atomic E-state index is 0.347. The van der Waals surface area contributed by atoms with E-state index in [1.807, 2.05) is 12.1 Å². The molecule has 1 aromatic carbocycles. The van der Waals surface area contributed by atoms with Gasteiger partial charge in [0.1, 0.15) is 11.5 Å². The summed E-state index contributed by atoms with van der Waals surface area (Å²) in [6, 6.07) is 8.67. The standard InChI is InChI=1S/C17H25NO2/c1-3-12-18-16(17-5-4-13-20-17)11-8-14-6-9-15(19-2)10-7-14/h5-7,9-10,16,18H,3-4,8,11-13H2,1-2H3. The van der Waals surface area contributed by atoms with Crippen LogP contribution in [-0.4, -0.2) is 26.3 Å². The average molecular weight is 275 g/mol. The van der Waals surface area contributed by atoms with Gasteiger partial charge in [0.15, 0.2) is 0 Å². The molecule has 110 valence electrons. The Hall–Kier alpha value is -1.48. The Bertz CT molecular complexity index is 425. The fraction of sp³-hybridized carbons (Fsp3) is 0.529. The predicted molar refractivity (Wildman–Crippen MR) is 82.0 cm³/mol. The predicted octanol–water partition coefficient (Wildman–Crippen LogP) is 3.30. The van der Waals surface area contributed by atoms with Crippen molar-refractivity contribution in [3.63, 3.8) is 0 Å². The molecule has 3 heteroatoms. The van der Waals surface area contributed by atoms with Crippen molar-refractivity contribution in [2.24, 2.45) is 0 Å². The topological polar surface area (TPSA) is 30.5 Å². The van der Waals surface area contributed by atoms with Crippen LogP contribution < -0.4 is 10.1 Å². The van der Waals surface area contributed by atoms with E-state index in [9.17, 15) is 0 Å². The van der Waals surface area contributed by atoms with Gasteiger partial charge in [-0.05, 0) is 49.6 Å². The van der Waals surface area contributed by atoms with E-state index in [-0.39, 0.29) is 0 Å². The molecule has 1 aromatic rings. The Kier molecular flexibility index (Phi) is 5.93. The molecule has 0 spiro atoms. The molecule has 1 unspecified atom stereocenters. The highest BCUT2D eigenvalue weighted by Crippen LogP contribution is 2.19. The second kappa shape index (κ2) is 7.95. The number of hydrogen-bond donors (Lipinski definition) is 1. The monoisotopic (exact) mass is 275 g/mol. The third-order valence-electron chi connectivity index (χ3n) is 3.60. The molecule has 20 heavy (non-hydrogen) atoms. The molecule has 1 N–H and O–H groups in total. The van der Waals surface area contributed by atoms with E-state index < -0.39 is 0 Å². The lowest BCUT2D eigenvalue weighted by Crippen LogP contribution is -2.32. The van der Waals surface area contributed by atoms with Gasteiger partial charge in [0, 0.05) is 6.42 Å². The molecule has 0 aliphatic carbocycles. The molecule has 0 bridgehead atoms. The summed E-state index contributed by atoms with van der Waals surface area (Å²) in [7, 11) is 1.70. The van der Waals surface area contributed by atoms with Gasteiger partial charge in [-0.3, -0.25) is 0 Å². The van der Waals surface area contributed by atoms with E-state index in [0.717, 1.165) is 50.3 Å². The average Bonchev–Trinajstić information content (AvgIpc) is 3.02. The maximum absolute atomic E-state index is 5.72. The molecule has 0 saturated carbocycles. The van der Waals surface area contributed by atoms with Crippen molar-refractivity contribution in [1.29, 1.82) is 0 Å². The van der Waals surface area contributed by atoms with Crippen molar-refractivity contribution in [2.75, 3.05) is 20.3 Å². The maximum atomic E-state index is 5.72. The van der Waals surface area contributed by atoms with Crippen LogP contribution in [0.4, 0.5) is 0 Å². The molecule has 1 aliphatic rings. The fourth-order valence-corrected chi connectivity index (χ4v) is 2.45. The minimum Gasteiger partial charge on any atom is -0.497 e. The van der Waals surface area contributed by atoms with Crippen LogP contribution in [-0.2, 0) is 11.2 Å². The Labute approximate surface area is 122 Å². The van der Waals surface area contributed by atoms with Crippen LogP contribution >= 0.6 is 0 Å². The van der Waals surface area contributed by atoms with Crippen LogP contribution in [0.15, 0.2) is 36.1 Å². The summed E-state index contributed by atoms with van der Waals surface area (Å²) in [6.45, 7) is 4.06. The highest BCUT2D eigenvalue weighted by molar-refractivity contribution is 5.27. The van der Waals surface area contributed by atoms with Gasteiger partial charge in [-0.1, -0.05) is 19.1 Å². The van der Waals surface area contributed by atoms with Crippen LogP contribution in [0, 0.1) is 0 Å². The molecule has 0 fully saturated rings. The Morgan fingerprint density at radius 3 is 2.70 bits per heavy atom. The lowest BCUT2D eigenvalue weighted by Gasteiger charge is -2.19. The van der Waals surface area contributed by atoms with Gasteiger partial charge in [0.25, 0.3) is 0 Å². The first-order valence-corrected chi connectivity index (χ1v) is 7.52. The quantitative estimate of drug-likeness (QED) is 0.789. The van der Waals surface area contributed by atoms with Crippen molar-refractivity contribution < 1.29 is 9.47 Å². The molecule has 3 nitrogen and oxygen atoms in total. The third kappa shape index (κ3) is 4.27. The van der Waals surface area contributed by atoms with Gasteiger partial charge in [-0.15, -0.1) is 0 Å². The zero-order valence-corrected chi connectivity index (χ0v) is 12.5. The van der Waals surface area contributed by atoms with Gasteiger partial charge in [0.05, 0.1) is 19.8 Å². The van der Waals surface area contributed by atoms with E-state index in [0.29, 0.717) is 6.04 Å². The molecular weight excluding hydrogens is 250 g/mol. The number of rotatable bonds is 8. The van der Waals surface area contributed by atoms with E-state index >= 15 is 0 Å². The van der Waals surface area contributed by atoms with Crippen LogP contribution in [0.25, 0.3) is 0 Å². The van der Waals surface area contributed by atoms with Crippen LogP contribution in [0.3, 0.4) is 0 Å². The van der Waals surface area contributed by atoms with Crippen molar-refractivity contribution in [3.05, 3.63) is 41.7 Å². The first-order valence-electron chi connectivity index (χ1n) is 7.52. The molecule has 0 saturated heterocycles. The summed E-state index contributed by atoms with van der Waals surface area (Å²) in [4.78, 5) is 0. The van der Waals surface area contributed by atoms with Gasteiger partial charge in [0.2, 0.25) is 0 Å². The van der Waals surface area contributed by atoms with Crippen LogP contribution in [0.2, 0.25) is 0 Å². The third-order valence-corrected chi connectivity index (χ3v) is 3.60. The molecular formula is C17H25NO2. The highest BCUT2D eigenvalue weighted by atomic mass is 16.5. The molecule has 1 aliphatic heterocycles. The maximum Gasteiger partial charge on any atom is 0.118 e. The second-order valence-corrected chi connectivity index (χ2v) is 5.14. The number of nitrogens with one attached hydrogen (secondary N) is 1. The first kappa shape index (κ1) is 14.9. The highest BCUT2D eigenvalue weighted by Gasteiger charge is 2.17. The summed E-state index contributed by atoms with van der Waals surface area (Å²) in [5.41, 5.74) is 1.34. The number of benzene rings is 1. The Morgan fingerprint density at radius 2 is 2.10 bits per heavy atom. The Morgan fingerprint density at radius 1 is 1.30 bits per heavy atom. The fourth-order valence-electron chi connectivity index (χ4n) is 2.45. The van der Waals surface area contributed by atoms with Crippen molar-refractivity contribution in [3.8, 4) is 5.75 Å². The van der Waals surface area contributed by atoms with Crippen molar-refractivity contribution in [2.45, 2.75) is 38.6 Å². The molecule has 1 heterocycles. The van der Waals surface area contributed by atoms with Crippen LogP contribution in [0.5, 0.6) is 5.75 Å². The summed E-state index contributed by atoms with van der Waals surface area (Å²) >= 11 is 0.